The van der Waals surface area contributed by atoms with Gasteiger partial charge < -0.3 is 14.4 Å². The molecule has 0 aromatic carbocycles. The number of ether oxygens (including phenoxy) is 2. The lowest BCUT2D eigenvalue weighted by Crippen LogP contribution is -2.34. The summed E-state index contributed by atoms with van der Waals surface area (Å²) in [7, 11) is 1.61. The molecular formula is C11H15ClN2O3S. The molecule has 1 aliphatic heterocycles. The van der Waals surface area contributed by atoms with Crippen molar-refractivity contribution >= 4 is 29.0 Å². The van der Waals surface area contributed by atoms with Crippen LogP contribution in [0.15, 0.2) is 0 Å². The Labute approximate surface area is 115 Å². The lowest BCUT2D eigenvalue weighted by atomic mass is 10.2. The minimum Gasteiger partial charge on any atom is -0.473 e. The summed E-state index contributed by atoms with van der Waals surface area (Å²) in [5.41, 5.74) is 0.416. The van der Waals surface area contributed by atoms with E-state index in [1.165, 1.54) is 16.2 Å². The molecule has 0 saturated carbocycles. The number of methoxy groups -OCH3 is 1. The van der Waals surface area contributed by atoms with E-state index in [2.05, 4.69) is 4.98 Å². The van der Waals surface area contributed by atoms with E-state index in [1.807, 2.05) is 0 Å². The van der Waals surface area contributed by atoms with Gasteiger partial charge in [-0.3, -0.25) is 0 Å². The summed E-state index contributed by atoms with van der Waals surface area (Å²) in [6.07, 6.45) is 1.14. The second kappa shape index (κ2) is 5.75. The molecule has 0 radical (unpaired) electrons. The third-order valence-corrected chi connectivity index (χ3v) is 3.89. The van der Waals surface area contributed by atoms with Crippen LogP contribution in [0.25, 0.3) is 0 Å². The average molecular weight is 291 g/mol. The second-order valence-electron chi connectivity index (χ2n) is 3.97. The molecule has 1 aromatic heterocycles. The van der Waals surface area contributed by atoms with Crippen LogP contribution in [0.4, 0.5) is 4.79 Å². The Morgan fingerprint density at radius 2 is 2.22 bits per heavy atom. The Morgan fingerprint density at radius 3 is 2.89 bits per heavy atom. The zero-order valence-electron chi connectivity index (χ0n) is 10.3. The number of halogens is 1. The fourth-order valence-electron chi connectivity index (χ4n) is 1.82. The van der Waals surface area contributed by atoms with E-state index in [0.717, 1.165) is 18.5 Å². The molecular weight excluding hydrogens is 276 g/mol. The molecule has 1 amide bonds. The molecule has 100 valence electrons. The first-order valence-corrected chi connectivity index (χ1v) is 6.97. The second-order valence-corrected chi connectivity index (χ2v) is 5.63. The number of aromatic nitrogens is 1. The number of hydrogen-bond acceptors (Lipinski definition) is 5. The first kappa shape index (κ1) is 13.4. The first-order valence-electron chi connectivity index (χ1n) is 5.72. The lowest BCUT2D eigenvalue weighted by molar-refractivity contribution is 0.0973. The van der Waals surface area contributed by atoms with Crippen LogP contribution < -0.4 is 4.74 Å². The molecule has 1 aliphatic rings. The summed E-state index contributed by atoms with van der Waals surface area (Å²) < 4.78 is 10.1. The van der Waals surface area contributed by atoms with Crippen LogP contribution in [0.5, 0.6) is 5.19 Å². The van der Waals surface area contributed by atoms with Gasteiger partial charge in [0.1, 0.15) is 0 Å². The molecule has 1 unspecified atom stereocenters. The number of fused-ring (bicyclic) bond motifs is 1. The third kappa shape index (κ3) is 3.05. The monoisotopic (exact) mass is 290 g/mol. The Kier molecular flexibility index (Phi) is 4.29. The van der Waals surface area contributed by atoms with E-state index in [1.54, 1.807) is 18.9 Å². The molecule has 0 aliphatic carbocycles. The largest absolute Gasteiger partial charge is 0.473 e. The van der Waals surface area contributed by atoms with Crippen LogP contribution in [0, 0.1) is 0 Å². The number of thiazole rings is 1. The molecule has 18 heavy (non-hydrogen) atoms. The van der Waals surface area contributed by atoms with Gasteiger partial charge in [0.2, 0.25) is 0 Å². The lowest BCUT2D eigenvalue weighted by Gasteiger charge is -2.20. The van der Waals surface area contributed by atoms with Crippen molar-refractivity contribution in [2.24, 2.45) is 0 Å². The smallest absolute Gasteiger partial charge is 0.411 e. The Bertz CT molecular complexity index is 410. The van der Waals surface area contributed by atoms with Gasteiger partial charge in [0, 0.05) is 30.8 Å². The van der Waals surface area contributed by atoms with Crippen molar-refractivity contribution in [3.8, 4) is 5.19 Å². The predicted molar refractivity (Wildman–Crippen MR) is 69.4 cm³/mol. The summed E-state index contributed by atoms with van der Waals surface area (Å²) >= 11 is 7.18. The van der Waals surface area contributed by atoms with Gasteiger partial charge in [0.25, 0.3) is 5.19 Å². The van der Waals surface area contributed by atoms with Crippen molar-refractivity contribution in [3.63, 3.8) is 0 Å². The maximum absolute atomic E-state index is 11.7. The minimum atomic E-state index is -0.604. The SMILES string of the molecule is COc1nc2c(s1)CCN(C(=O)OC(C)Cl)CC2. The van der Waals surface area contributed by atoms with Crippen molar-refractivity contribution in [1.82, 2.24) is 9.88 Å². The number of alkyl halides is 1. The average Bonchev–Trinajstić information content (AvgIpc) is 2.61. The minimum absolute atomic E-state index is 0.361. The van der Waals surface area contributed by atoms with Crippen LogP contribution in [0.3, 0.4) is 0 Å². The van der Waals surface area contributed by atoms with E-state index >= 15 is 0 Å². The van der Waals surface area contributed by atoms with Gasteiger partial charge in [0.05, 0.1) is 12.8 Å². The molecule has 1 atom stereocenters. The highest BCUT2D eigenvalue weighted by molar-refractivity contribution is 7.13. The molecule has 0 saturated heterocycles. The van der Waals surface area contributed by atoms with Crippen molar-refractivity contribution in [2.75, 3.05) is 20.2 Å². The molecule has 7 heteroatoms. The molecule has 5 nitrogen and oxygen atoms in total. The predicted octanol–water partition coefficient (Wildman–Crippen LogP) is 2.27. The summed E-state index contributed by atoms with van der Waals surface area (Å²) in [5, 5.41) is 0.686. The number of rotatable bonds is 2. The zero-order valence-corrected chi connectivity index (χ0v) is 11.9. The molecule has 1 aromatic rings. The summed E-state index contributed by atoms with van der Waals surface area (Å²) in [6.45, 7) is 2.85. The number of amides is 1. The normalized spacial score (nSPS) is 16.7. The molecule has 0 fully saturated rings. The van der Waals surface area contributed by atoms with E-state index < -0.39 is 5.56 Å². The van der Waals surface area contributed by atoms with Crippen LogP contribution in [-0.4, -0.2) is 41.7 Å². The highest BCUT2D eigenvalue weighted by atomic mass is 35.5. The Morgan fingerprint density at radius 1 is 1.50 bits per heavy atom. The Hall–Kier alpha value is -1.01. The molecule has 2 heterocycles. The fraction of sp³-hybridized carbons (Fsp3) is 0.636. The summed E-state index contributed by atoms with van der Waals surface area (Å²) in [4.78, 5) is 19.0. The van der Waals surface area contributed by atoms with E-state index in [4.69, 9.17) is 21.1 Å². The number of carbonyl (C=O) groups excluding carboxylic acids is 1. The van der Waals surface area contributed by atoms with E-state index in [0.29, 0.717) is 18.3 Å². The zero-order chi connectivity index (χ0) is 13.1. The number of nitrogens with zero attached hydrogens (tertiary/aromatic N) is 2. The van der Waals surface area contributed by atoms with Crippen molar-refractivity contribution in [2.45, 2.75) is 25.3 Å². The highest BCUT2D eigenvalue weighted by Crippen LogP contribution is 2.27. The van der Waals surface area contributed by atoms with Crippen LogP contribution in [0.2, 0.25) is 0 Å². The third-order valence-electron chi connectivity index (χ3n) is 2.68. The van der Waals surface area contributed by atoms with Crippen molar-refractivity contribution in [1.29, 1.82) is 0 Å². The van der Waals surface area contributed by atoms with Crippen molar-refractivity contribution in [3.05, 3.63) is 10.6 Å². The van der Waals surface area contributed by atoms with E-state index in [-0.39, 0.29) is 6.09 Å². The van der Waals surface area contributed by atoms with Gasteiger partial charge in [-0.05, 0) is 6.92 Å². The Balaban J connectivity index is 2.00. The molecule has 0 bridgehead atoms. The van der Waals surface area contributed by atoms with Gasteiger partial charge in [-0.2, -0.15) is 0 Å². The topological polar surface area (TPSA) is 51.7 Å². The van der Waals surface area contributed by atoms with Gasteiger partial charge in [-0.1, -0.05) is 22.9 Å². The number of hydrogen-bond donors (Lipinski definition) is 0. The van der Waals surface area contributed by atoms with Crippen LogP contribution in [-0.2, 0) is 17.6 Å². The molecule has 0 N–H and O–H groups in total. The molecule has 0 spiro atoms. The van der Waals surface area contributed by atoms with Crippen molar-refractivity contribution < 1.29 is 14.3 Å². The maximum Gasteiger partial charge on any atom is 0.411 e. The quantitative estimate of drug-likeness (QED) is 0.784. The summed E-state index contributed by atoms with van der Waals surface area (Å²) in [6, 6.07) is 0. The maximum atomic E-state index is 11.7. The van der Waals surface area contributed by atoms with Gasteiger partial charge in [-0.15, -0.1) is 0 Å². The standard InChI is InChI=1S/C11H15ClN2O3S/c1-7(12)17-11(15)14-5-3-8-9(4-6-14)18-10(13-8)16-2/h7H,3-6H2,1-2H3. The first-order chi connectivity index (χ1) is 8.60. The number of carbonyl (C=O) groups is 1. The van der Waals surface area contributed by atoms with Gasteiger partial charge >= 0.3 is 6.09 Å². The highest BCUT2D eigenvalue weighted by Gasteiger charge is 2.23. The van der Waals surface area contributed by atoms with Crippen LogP contribution >= 0.6 is 22.9 Å². The van der Waals surface area contributed by atoms with Gasteiger partial charge in [0.15, 0.2) is 5.56 Å². The van der Waals surface area contributed by atoms with Gasteiger partial charge in [-0.25, -0.2) is 9.78 Å². The van der Waals surface area contributed by atoms with Crippen LogP contribution in [0.1, 0.15) is 17.5 Å². The summed E-state index contributed by atoms with van der Waals surface area (Å²) in [5.74, 6) is 0. The fourth-order valence-corrected chi connectivity index (χ4v) is 2.81. The van der Waals surface area contributed by atoms with E-state index in [9.17, 15) is 4.79 Å². The molecule has 2 rings (SSSR count).